The lowest BCUT2D eigenvalue weighted by Crippen LogP contribution is -2.54. The Kier molecular flexibility index (Phi) is 7.77. The highest BCUT2D eigenvalue weighted by Gasteiger charge is 2.43. The van der Waals surface area contributed by atoms with Gasteiger partial charge in [0.2, 0.25) is 5.91 Å². The Morgan fingerprint density at radius 1 is 1.22 bits per heavy atom. The average molecular weight is 515 g/mol. The minimum atomic E-state index is -4.72. The molecular formula is C24H34F4N6O2. The number of aliphatic hydroxyl groups is 1. The zero-order chi connectivity index (χ0) is 26.2. The molecule has 5 atom stereocenters. The predicted octanol–water partition coefficient (Wildman–Crippen LogP) is 1.63. The molecule has 4 rings (SSSR count). The molecular weight excluding hydrogens is 480 g/mol. The van der Waals surface area contributed by atoms with Crippen LogP contribution in [0.25, 0.3) is 0 Å². The number of allylic oxidation sites excluding steroid dienone is 3. The zero-order valence-corrected chi connectivity index (χ0v) is 20.6. The van der Waals surface area contributed by atoms with Crippen molar-refractivity contribution < 1.29 is 27.5 Å². The monoisotopic (exact) mass is 514 g/mol. The van der Waals surface area contributed by atoms with E-state index in [1.54, 1.807) is 6.34 Å². The van der Waals surface area contributed by atoms with Crippen LogP contribution in [-0.4, -0.2) is 90.7 Å². The van der Waals surface area contributed by atoms with Gasteiger partial charge in [-0.1, -0.05) is 31.6 Å². The van der Waals surface area contributed by atoms with Gasteiger partial charge in [-0.25, -0.2) is 9.38 Å². The Bertz CT molecular complexity index is 968. The van der Waals surface area contributed by atoms with Crippen LogP contribution in [0.5, 0.6) is 0 Å². The largest absolute Gasteiger partial charge is 0.415 e. The summed E-state index contributed by atoms with van der Waals surface area (Å²) < 4.78 is 53.7. The van der Waals surface area contributed by atoms with Gasteiger partial charge in [-0.15, -0.1) is 0 Å². The third-order valence-corrected chi connectivity index (χ3v) is 7.27. The molecule has 0 aromatic rings. The number of carbonyl (C=O) groups is 1. The number of halogens is 4. The summed E-state index contributed by atoms with van der Waals surface area (Å²) in [4.78, 5) is 20.6. The normalized spacial score (nSPS) is 29.0. The Hall–Kier alpha value is -2.44. The van der Waals surface area contributed by atoms with Crippen molar-refractivity contribution in [2.75, 3.05) is 32.7 Å². The summed E-state index contributed by atoms with van der Waals surface area (Å²) in [5.74, 6) is -0.179. The van der Waals surface area contributed by atoms with Gasteiger partial charge in [0, 0.05) is 56.7 Å². The van der Waals surface area contributed by atoms with Crippen molar-refractivity contribution in [1.29, 1.82) is 0 Å². The van der Waals surface area contributed by atoms with Crippen LogP contribution < -0.4 is 16.0 Å². The van der Waals surface area contributed by atoms with Crippen LogP contribution >= 0.6 is 0 Å². The van der Waals surface area contributed by atoms with Crippen LogP contribution in [0.15, 0.2) is 39.7 Å². The third-order valence-electron chi connectivity index (χ3n) is 7.27. The number of aliphatic imine (C=N–C) groups is 1. The Balaban J connectivity index is 1.48. The summed E-state index contributed by atoms with van der Waals surface area (Å²) in [6.45, 7) is 8.08. The maximum absolute atomic E-state index is 14.5. The third kappa shape index (κ3) is 5.45. The molecule has 8 nitrogen and oxygen atoms in total. The molecule has 1 amide bonds. The first-order valence-electron chi connectivity index (χ1n) is 12.3. The fraction of sp³-hybridized carbons (Fsp3) is 0.667. The van der Waals surface area contributed by atoms with E-state index in [-0.39, 0.29) is 24.0 Å². The van der Waals surface area contributed by atoms with Crippen LogP contribution in [0.2, 0.25) is 0 Å². The molecule has 4 aliphatic rings. The number of rotatable bonds is 7. The number of hydrogen-bond donors (Lipinski definition) is 4. The summed E-state index contributed by atoms with van der Waals surface area (Å²) in [7, 11) is 0. The predicted molar refractivity (Wildman–Crippen MR) is 127 cm³/mol. The first-order valence-corrected chi connectivity index (χ1v) is 12.3. The lowest BCUT2D eigenvalue weighted by Gasteiger charge is -2.42. The van der Waals surface area contributed by atoms with Gasteiger partial charge in [0.15, 0.2) is 0 Å². The van der Waals surface area contributed by atoms with Crippen molar-refractivity contribution >= 4 is 12.2 Å². The number of amides is 1. The molecule has 0 radical (unpaired) electrons. The number of carbonyl (C=O) groups excluding carboxylic acids is 1. The van der Waals surface area contributed by atoms with E-state index < -0.39 is 36.5 Å². The molecule has 12 heteroatoms. The van der Waals surface area contributed by atoms with E-state index in [1.807, 2.05) is 25.7 Å². The van der Waals surface area contributed by atoms with Crippen LogP contribution in [0.4, 0.5) is 17.6 Å². The maximum atomic E-state index is 14.5. The fourth-order valence-electron chi connectivity index (χ4n) is 5.18. The lowest BCUT2D eigenvalue weighted by atomic mass is 9.86. The SMILES string of the molecule is CC(C)NCC(C1=CC=C(C(F)(F)F)C(F)C1)C(O)N1CCN(C2=C3C(C)C(=O)N[C@@H]3NC=N2)CC1. The Morgan fingerprint density at radius 2 is 1.92 bits per heavy atom. The van der Waals surface area contributed by atoms with Crippen LogP contribution in [0.1, 0.15) is 27.2 Å². The van der Waals surface area contributed by atoms with E-state index in [0.29, 0.717) is 38.3 Å². The molecule has 0 bridgehead atoms. The molecule has 2 fully saturated rings. The number of nitrogens with one attached hydrogen (secondary N) is 3. The molecule has 4 unspecified atom stereocenters. The van der Waals surface area contributed by atoms with Gasteiger partial charge in [0.05, 0.1) is 17.8 Å². The van der Waals surface area contributed by atoms with Crippen molar-refractivity contribution in [1.82, 2.24) is 25.8 Å². The van der Waals surface area contributed by atoms with Crippen LogP contribution in [-0.2, 0) is 4.79 Å². The number of fused-ring (bicyclic) bond motifs is 1. The van der Waals surface area contributed by atoms with Crippen molar-refractivity contribution in [2.45, 2.75) is 58.0 Å². The second-order valence-electron chi connectivity index (χ2n) is 10.0. The highest BCUT2D eigenvalue weighted by Crippen LogP contribution is 2.38. The second kappa shape index (κ2) is 10.5. The van der Waals surface area contributed by atoms with Gasteiger partial charge in [-0.05, 0) is 6.92 Å². The van der Waals surface area contributed by atoms with Crippen LogP contribution in [0, 0.1) is 11.8 Å². The van der Waals surface area contributed by atoms with Crippen molar-refractivity contribution in [3.8, 4) is 0 Å². The highest BCUT2D eigenvalue weighted by molar-refractivity contribution is 5.87. The van der Waals surface area contributed by atoms with E-state index in [1.165, 1.54) is 6.08 Å². The first-order chi connectivity index (χ1) is 17.0. The van der Waals surface area contributed by atoms with Crippen molar-refractivity contribution in [3.05, 3.63) is 34.7 Å². The minimum Gasteiger partial charge on any atom is -0.378 e. The summed E-state index contributed by atoms with van der Waals surface area (Å²) >= 11 is 0. The zero-order valence-electron chi connectivity index (χ0n) is 20.6. The van der Waals surface area contributed by atoms with Crippen molar-refractivity contribution in [2.24, 2.45) is 16.8 Å². The summed E-state index contributed by atoms with van der Waals surface area (Å²) in [6, 6.07) is 0.0899. The molecule has 3 aliphatic heterocycles. The minimum absolute atomic E-state index is 0.0605. The number of nitrogens with zero attached hydrogens (tertiary/aromatic N) is 3. The first kappa shape index (κ1) is 26.6. The van der Waals surface area contributed by atoms with E-state index in [2.05, 4.69) is 25.8 Å². The molecule has 2 saturated heterocycles. The van der Waals surface area contributed by atoms with Crippen LogP contribution in [0.3, 0.4) is 0 Å². The van der Waals surface area contributed by atoms with Crippen molar-refractivity contribution in [3.63, 3.8) is 0 Å². The summed E-state index contributed by atoms with van der Waals surface area (Å²) in [6.07, 6.45) is -4.86. The maximum Gasteiger partial charge on any atom is 0.415 e. The topological polar surface area (TPSA) is 92.2 Å². The smallest absolute Gasteiger partial charge is 0.378 e. The summed E-state index contributed by atoms with van der Waals surface area (Å²) in [5, 5.41) is 20.5. The van der Waals surface area contributed by atoms with Gasteiger partial charge >= 0.3 is 6.18 Å². The Labute approximate surface area is 208 Å². The van der Waals surface area contributed by atoms with Gasteiger partial charge in [0.1, 0.15) is 24.4 Å². The number of alkyl halides is 4. The number of aliphatic hydroxyl groups excluding tert-OH is 1. The molecule has 0 aromatic heterocycles. The van der Waals surface area contributed by atoms with E-state index in [0.717, 1.165) is 17.5 Å². The number of piperazine rings is 1. The van der Waals surface area contributed by atoms with Gasteiger partial charge in [-0.2, -0.15) is 13.2 Å². The number of hydrogen-bond acceptors (Lipinski definition) is 7. The molecule has 3 heterocycles. The highest BCUT2D eigenvalue weighted by atomic mass is 19.4. The molecule has 4 N–H and O–H groups in total. The summed E-state index contributed by atoms with van der Waals surface area (Å²) in [5.41, 5.74) is 0.164. The molecule has 0 aromatic carbocycles. The fourth-order valence-corrected chi connectivity index (χ4v) is 5.18. The average Bonchev–Trinajstić information content (AvgIpc) is 3.11. The van der Waals surface area contributed by atoms with E-state index in [9.17, 15) is 27.5 Å². The molecule has 0 spiro atoms. The molecule has 1 aliphatic carbocycles. The second-order valence-corrected chi connectivity index (χ2v) is 10.0. The van der Waals surface area contributed by atoms with Gasteiger partial charge in [-0.3, -0.25) is 9.69 Å². The standard InChI is InChI=1S/C24H34F4N6O2/c1-13(2)29-11-16(15-4-5-17(18(25)10-15)24(26,27)28)23(36)34-8-6-33(7-9-34)21-19-14(3)22(35)32-20(19)30-12-31-21/h4-5,12-14,16,18,20,23,29,36H,6-11H2,1-3H3,(H,30,31)(H,32,35)/t14?,16?,18?,20-,23?/m0/s1. The lowest BCUT2D eigenvalue weighted by molar-refractivity contribution is -0.121. The van der Waals surface area contributed by atoms with Gasteiger partial charge in [0.25, 0.3) is 0 Å². The Morgan fingerprint density at radius 3 is 2.53 bits per heavy atom. The molecule has 36 heavy (non-hydrogen) atoms. The molecule has 200 valence electrons. The quantitative estimate of drug-likeness (QED) is 0.386. The van der Waals surface area contributed by atoms with E-state index in [4.69, 9.17) is 0 Å². The molecule has 0 saturated carbocycles. The van der Waals surface area contributed by atoms with E-state index >= 15 is 0 Å². The van der Waals surface area contributed by atoms with Gasteiger partial charge < -0.3 is 26.0 Å².